The number of phenolic OH excluding ortho intramolecular Hbond substituents is 1. The van der Waals surface area contributed by atoms with E-state index in [4.69, 9.17) is 0 Å². The third-order valence-corrected chi connectivity index (χ3v) is 2.51. The van der Waals surface area contributed by atoms with Crippen LogP contribution in [0.2, 0.25) is 0 Å². The average Bonchev–Trinajstić information content (AvgIpc) is 2.73. The first kappa shape index (κ1) is 8.11. The van der Waals surface area contributed by atoms with Gasteiger partial charge in [0.15, 0.2) is 6.29 Å². The number of nitrogens with one attached hydrogen (secondary N) is 2. The molecule has 0 saturated heterocycles. The smallest absolute Gasteiger partial charge is 0.166 e. The fraction of sp³-hybridized carbons (Fsp3) is 0. The van der Waals surface area contributed by atoms with Gasteiger partial charge in [-0.1, -0.05) is 0 Å². The van der Waals surface area contributed by atoms with Crippen molar-refractivity contribution in [2.75, 3.05) is 0 Å². The summed E-state index contributed by atoms with van der Waals surface area (Å²) in [5.74, 6) is 0.224. The summed E-state index contributed by atoms with van der Waals surface area (Å²) in [6.45, 7) is 0. The second kappa shape index (κ2) is 2.63. The van der Waals surface area contributed by atoms with Gasteiger partial charge < -0.3 is 15.1 Å². The van der Waals surface area contributed by atoms with Crippen LogP contribution in [0.5, 0.6) is 5.75 Å². The number of hydrogen-bond donors (Lipinski definition) is 3. The van der Waals surface area contributed by atoms with Crippen molar-refractivity contribution < 1.29 is 9.90 Å². The highest BCUT2D eigenvalue weighted by Gasteiger charge is 2.07. The molecule has 0 aliphatic rings. The molecule has 2 aromatic heterocycles. The lowest BCUT2D eigenvalue weighted by Gasteiger charge is -1.91. The molecule has 0 aliphatic heterocycles. The number of aldehydes is 1. The van der Waals surface area contributed by atoms with E-state index in [1.165, 1.54) is 0 Å². The van der Waals surface area contributed by atoms with Crippen molar-refractivity contribution in [3.63, 3.8) is 0 Å². The largest absolute Gasteiger partial charge is 0.508 e. The fourth-order valence-electron chi connectivity index (χ4n) is 1.85. The topological polar surface area (TPSA) is 68.9 Å². The number of aromatic amines is 2. The molecule has 3 rings (SSSR count). The van der Waals surface area contributed by atoms with Crippen LogP contribution in [0.1, 0.15) is 10.5 Å². The van der Waals surface area contributed by atoms with E-state index in [2.05, 4.69) is 9.97 Å². The SMILES string of the molecule is O=Cc1cc2[nH]c3cc(O)ccc3c2[nH]1. The van der Waals surface area contributed by atoms with E-state index >= 15 is 0 Å². The Hall–Kier alpha value is -2.23. The molecule has 0 atom stereocenters. The molecule has 2 heterocycles. The maximum atomic E-state index is 10.6. The van der Waals surface area contributed by atoms with E-state index in [0.29, 0.717) is 5.69 Å². The standard InChI is InChI=1S/C11H8N2O2/c14-5-6-3-10-11(12-6)8-2-1-7(15)4-9(8)13-10/h1-5,12-13,15H. The highest BCUT2D eigenvalue weighted by molar-refractivity contribution is 6.07. The minimum absolute atomic E-state index is 0.224. The van der Waals surface area contributed by atoms with Gasteiger partial charge >= 0.3 is 0 Å². The van der Waals surface area contributed by atoms with E-state index in [1.807, 2.05) is 6.07 Å². The van der Waals surface area contributed by atoms with Crippen molar-refractivity contribution in [3.8, 4) is 5.75 Å². The molecule has 0 fully saturated rings. The molecule has 4 heteroatoms. The van der Waals surface area contributed by atoms with Crippen molar-refractivity contribution in [2.24, 2.45) is 0 Å². The summed E-state index contributed by atoms with van der Waals surface area (Å²) < 4.78 is 0. The number of hydrogen-bond acceptors (Lipinski definition) is 2. The molecule has 74 valence electrons. The molecule has 0 bridgehead atoms. The third kappa shape index (κ3) is 1.05. The zero-order valence-electron chi connectivity index (χ0n) is 7.74. The zero-order chi connectivity index (χ0) is 10.4. The Balaban J connectivity index is 2.45. The van der Waals surface area contributed by atoms with E-state index < -0.39 is 0 Å². The maximum absolute atomic E-state index is 10.6. The van der Waals surface area contributed by atoms with E-state index in [1.54, 1.807) is 18.2 Å². The van der Waals surface area contributed by atoms with Gasteiger partial charge in [-0.25, -0.2) is 0 Å². The number of aromatic hydroxyl groups is 1. The van der Waals surface area contributed by atoms with Crippen LogP contribution < -0.4 is 0 Å². The van der Waals surface area contributed by atoms with Crippen LogP contribution in [0.15, 0.2) is 24.3 Å². The summed E-state index contributed by atoms with van der Waals surface area (Å²) in [5.41, 5.74) is 3.17. The number of aromatic nitrogens is 2. The van der Waals surface area contributed by atoms with Gasteiger partial charge in [-0.3, -0.25) is 4.79 Å². The Bertz CT molecular complexity index is 664. The zero-order valence-corrected chi connectivity index (χ0v) is 7.74. The lowest BCUT2D eigenvalue weighted by Crippen LogP contribution is -1.76. The Labute approximate surface area is 84.5 Å². The number of rotatable bonds is 1. The highest BCUT2D eigenvalue weighted by Crippen LogP contribution is 2.27. The van der Waals surface area contributed by atoms with Gasteiger partial charge in [0.05, 0.1) is 22.2 Å². The van der Waals surface area contributed by atoms with Gasteiger partial charge in [0.25, 0.3) is 0 Å². The van der Waals surface area contributed by atoms with Gasteiger partial charge in [0, 0.05) is 11.5 Å². The average molecular weight is 200 g/mol. The summed E-state index contributed by atoms with van der Waals surface area (Å²) in [5, 5.41) is 10.3. The van der Waals surface area contributed by atoms with Crippen molar-refractivity contribution in [1.29, 1.82) is 0 Å². The lowest BCUT2D eigenvalue weighted by atomic mass is 10.2. The Kier molecular flexibility index (Phi) is 1.42. The number of phenols is 1. The summed E-state index contributed by atoms with van der Waals surface area (Å²) in [7, 11) is 0. The van der Waals surface area contributed by atoms with Gasteiger partial charge in [-0.15, -0.1) is 0 Å². The van der Waals surface area contributed by atoms with Crippen molar-refractivity contribution >= 4 is 28.2 Å². The lowest BCUT2D eigenvalue weighted by molar-refractivity contribution is 0.112. The van der Waals surface area contributed by atoms with Crippen molar-refractivity contribution in [3.05, 3.63) is 30.0 Å². The van der Waals surface area contributed by atoms with Gasteiger partial charge in [0.1, 0.15) is 5.75 Å². The van der Waals surface area contributed by atoms with Crippen molar-refractivity contribution in [2.45, 2.75) is 0 Å². The fourth-order valence-corrected chi connectivity index (χ4v) is 1.85. The van der Waals surface area contributed by atoms with Crippen LogP contribution in [0.4, 0.5) is 0 Å². The first-order valence-corrected chi connectivity index (χ1v) is 4.56. The number of carbonyl (C=O) groups excluding carboxylic acids is 1. The predicted molar refractivity (Wildman–Crippen MR) is 57.2 cm³/mol. The van der Waals surface area contributed by atoms with Gasteiger partial charge in [0.2, 0.25) is 0 Å². The van der Waals surface area contributed by atoms with Crippen LogP contribution in [0.3, 0.4) is 0 Å². The summed E-state index contributed by atoms with van der Waals surface area (Å²) in [6.07, 6.45) is 0.778. The minimum Gasteiger partial charge on any atom is -0.508 e. The molecule has 4 nitrogen and oxygen atoms in total. The number of carbonyl (C=O) groups is 1. The Morgan fingerprint density at radius 2 is 2.00 bits per heavy atom. The summed E-state index contributed by atoms with van der Waals surface area (Å²) >= 11 is 0. The molecule has 3 N–H and O–H groups in total. The van der Waals surface area contributed by atoms with Crippen LogP contribution in [-0.4, -0.2) is 21.4 Å². The van der Waals surface area contributed by atoms with Crippen LogP contribution in [-0.2, 0) is 0 Å². The first-order chi connectivity index (χ1) is 7.28. The van der Waals surface area contributed by atoms with Crippen LogP contribution >= 0.6 is 0 Å². The van der Waals surface area contributed by atoms with Crippen LogP contribution in [0, 0.1) is 0 Å². The normalized spacial score (nSPS) is 11.2. The number of fused-ring (bicyclic) bond motifs is 3. The molecule has 0 aliphatic carbocycles. The minimum atomic E-state index is 0.224. The number of benzene rings is 1. The van der Waals surface area contributed by atoms with Crippen LogP contribution in [0.25, 0.3) is 21.9 Å². The molecule has 0 amide bonds. The Morgan fingerprint density at radius 1 is 1.13 bits per heavy atom. The van der Waals surface area contributed by atoms with E-state index in [9.17, 15) is 9.90 Å². The third-order valence-electron chi connectivity index (χ3n) is 2.51. The molecule has 0 radical (unpaired) electrons. The molecule has 0 unspecified atom stereocenters. The molecular formula is C11H8N2O2. The second-order valence-electron chi connectivity index (χ2n) is 3.49. The highest BCUT2D eigenvalue weighted by atomic mass is 16.3. The monoisotopic (exact) mass is 200 g/mol. The maximum Gasteiger partial charge on any atom is 0.166 e. The Morgan fingerprint density at radius 3 is 2.80 bits per heavy atom. The van der Waals surface area contributed by atoms with Gasteiger partial charge in [-0.05, 0) is 18.2 Å². The van der Waals surface area contributed by atoms with E-state index in [-0.39, 0.29) is 5.75 Å². The van der Waals surface area contributed by atoms with Crippen molar-refractivity contribution in [1.82, 2.24) is 9.97 Å². The second-order valence-corrected chi connectivity index (χ2v) is 3.49. The first-order valence-electron chi connectivity index (χ1n) is 4.56. The predicted octanol–water partition coefficient (Wildman–Crippen LogP) is 2.17. The summed E-state index contributed by atoms with van der Waals surface area (Å²) in [4.78, 5) is 16.7. The van der Waals surface area contributed by atoms with E-state index in [0.717, 1.165) is 28.2 Å². The molecular weight excluding hydrogens is 192 g/mol. The quantitative estimate of drug-likeness (QED) is 0.527. The molecule has 0 spiro atoms. The molecule has 0 saturated carbocycles. The molecule has 15 heavy (non-hydrogen) atoms. The summed E-state index contributed by atoms with van der Waals surface area (Å²) in [6, 6.07) is 6.84. The molecule has 3 aromatic rings. The molecule has 1 aromatic carbocycles. The number of H-pyrrole nitrogens is 2. The van der Waals surface area contributed by atoms with Gasteiger partial charge in [-0.2, -0.15) is 0 Å².